The third-order valence-electron chi connectivity index (χ3n) is 2.34. The lowest BCUT2D eigenvalue weighted by Gasteiger charge is -2.26. The van der Waals surface area contributed by atoms with Crippen LogP contribution in [0.2, 0.25) is 5.15 Å². The summed E-state index contributed by atoms with van der Waals surface area (Å²) in [6, 6.07) is 3.69. The van der Waals surface area contributed by atoms with Gasteiger partial charge < -0.3 is 0 Å². The first-order valence-electron chi connectivity index (χ1n) is 4.33. The average molecular weight is 215 g/mol. The maximum Gasteiger partial charge on any atom is 0.129 e. The Labute approximate surface area is 85.2 Å². The summed E-state index contributed by atoms with van der Waals surface area (Å²) in [5.41, 5.74) is 0. The number of pyridine rings is 1. The van der Waals surface area contributed by atoms with Crippen LogP contribution < -0.4 is 0 Å². The predicted molar refractivity (Wildman–Crippen MR) is 55.2 cm³/mol. The standard InChI is InChI=1S/C9H11ClN2S/c10-9-5-4-8(6-12-9)13(11)7-2-1-3-7/h4-7,11H,1-3H2. The number of rotatable bonds is 2. The Balaban J connectivity index is 2.15. The van der Waals surface area contributed by atoms with E-state index in [0.29, 0.717) is 10.4 Å². The van der Waals surface area contributed by atoms with E-state index in [9.17, 15) is 0 Å². The summed E-state index contributed by atoms with van der Waals surface area (Å²) < 4.78 is 7.99. The van der Waals surface area contributed by atoms with Crippen molar-refractivity contribution in [3.63, 3.8) is 0 Å². The number of hydrogen-bond acceptors (Lipinski definition) is 2. The molecule has 0 radical (unpaired) electrons. The lowest BCUT2D eigenvalue weighted by molar-refractivity contribution is 0.518. The van der Waals surface area contributed by atoms with E-state index in [1.54, 1.807) is 12.3 Å². The molecule has 1 fully saturated rings. The molecule has 0 saturated heterocycles. The van der Waals surface area contributed by atoms with E-state index in [-0.39, 0.29) is 10.7 Å². The van der Waals surface area contributed by atoms with Crippen molar-refractivity contribution >= 4 is 22.3 Å². The van der Waals surface area contributed by atoms with Gasteiger partial charge in [-0.25, -0.2) is 4.98 Å². The van der Waals surface area contributed by atoms with Crippen LogP contribution in [-0.2, 0) is 10.7 Å². The van der Waals surface area contributed by atoms with Gasteiger partial charge in [0.2, 0.25) is 0 Å². The fourth-order valence-electron chi connectivity index (χ4n) is 1.29. The van der Waals surface area contributed by atoms with Crippen molar-refractivity contribution < 1.29 is 0 Å². The van der Waals surface area contributed by atoms with Crippen LogP contribution in [0.15, 0.2) is 23.2 Å². The molecule has 70 valence electrons. The van der Waals surface area contributed by atoms with Gasteiger partial charge in [0.1, 0.15) is 5.15 Å². The van der Waals surface area contributed by atoms with Crippen LogP contribution in [-0.4, -0.2) is 10.2 Å². The van der Waals surface area contributed by atoms with E-state index < -0.39 is 0 Å². The molecule has 13 heavy (non-hydrogen) atoms. The third kappa shape index (κ3) is 1.92. The van der Waals surface area contributed by atoms with Gasteiger partial charge in [-0.3, -0.25) is 4.78 Å². The third-order valence-corrected chi connectivity index (χ3v) is 4.45. The first kappa shape index (κ1) is 9.16. The second-order valence-electron chi connectivity index (χ2n) is 3.21. The Morgan fingerprint density at radius 3 is 2.69 bits per heavy atom. The minimum atomic E-state index is -0.371. The fourth-order valence-corrected chi connectivity index (χ4v) is 2.97. The quantitative estimate of drug-likeness (QED) is 0.755. The van der Waals surface area contributed by atoms with Gasteiger partial charge in [-0.15, -0.1) is 0 Å². The van der Waals surface area contributed by atoms with Crippen molar-refractivity contribution in [3.8, 4) is 0 Å². The van der Waals surface area contributed by atoms with Gasteiger partial charge in [0.25, 0.3) is 0 Å². The number of nitrogens with zero attached hydrogens (tertiary/aromatic N) is 1. The number of hydrogen-bond donors (Lipinski definition) is 1. The van der Waals surface area contributed by atoms with Crippen LogP contribution in [0.3, 0.4) is 0 Å². The molecule has 0 bridgehead atoms. The van der Waals surface area contributed by atoms with Crippen molar-refractivity contribution in [1.29, 1.82) is 4.78 Å². The van der Waals surface area contributed by atoms with Crippen molar-refractivity contribution in [2.24, 2.45) is 0 Å². The molecule has 2 rings (SSSR count). The van der Waals surface area contributed by atoms with Gasteiger partial charge in [-0.2, -0.15) is 0 Å². The highest BCUT2D eigenvalue weighted by Gasteiger charge is 2.22. The predicted octanol–water partition coefficient (Wildman–Crippen LogP) is 3.03. The van der Waals surface area contributed by atoms with E-state index in [4.69, 9.17) is 16.4 Å². The zero-order valence-electron chi connectivity index (χ0n) is 7.16. The molecule has 1 unspecified atom stereocenters. The zero-order chi connectivity index (χ0) is 9.26. The molecule has 0 amide bonds. The number of halogens is 1. The normalized spacial score (nSPS) is 19.5. The lowest BCUT2D eigenvalue weighted by atomic mass is 10.0. The van der Waals surface area contributed by atoms with Gasteiger partial charge in [0.05, 0.1) is 0 Å². The summed E-state index contributed by atoms with van der Waals surface area (Å²) in [6.45, 7) is 0. The topological polar surface area (TPSA) is 36.7 Å². The van der Waals surface area contributed by atoms with E-state index >= 15 is 0 Å². The highest BCUT2D eigenvalue weighted by Crippen LogP contribution is 2.28. The summed E-state index contributed by atoms with van der Waals surface area (Å²) in [5, 5.41) is 1.08. The molecule has 2 nitrogen and oxygen atoms in total. The molecule has 4 heteroatoms. The molecule has 1 aliphatic carbocycles. The van der Waals surface area contributed by atoms with Gasteiger partial charge in [-0.05, 0) is 25.0 Å². The summed E-state index contributed by atoms with van der Waals surface area (Å²) in [4.78, 5) is 5.02. The molecule has 1 atom stereocenters. The maximum atomic E-state index is 7.99. The van der Waals surface area contributed by atoms with Crippen molar-refractivity contribution in [2.45, 2.75) is 29.4 Å². The van der Waals surface area contributed by atoms with Crippen LogP contribution in [0, 0.1) is 4.78 Å². The highest BCUT2D eigenvalue weighted by atomic mass is 35.5. The van der Waals surface area contributed by atoms with Crippen LogP contribution >= 0.6 is 11.6 Å². The Morgan fingerprint density at radius 2 is 2.23 bits per heavy atom. The maximum absolute atomic E-state index is 7.99. The first-order chi connectivity index (χ1) is 6.27. The molecule has 1 aromatic rings. The molecule has 1 heterocycles. The monoisotopic (exact) mass is 214 g/mol. The molecule has 1 aromatic heterocycles. The summed E-state index contributed by atoms with van der Waals surface area (Å²) in [7, 11) is -0.371. The molecular formula is C9H11ClN2S. The van der Waals surface area contributed by atoms with E-state index in [0.717, 1.165) is 4.90 Å². The Bertz CT molecular complexity index is 319. The van der Waals surface area contributed by atoms with Crippen molar-refractivity contribution in [1.82, 2.24) is 4.98 Å². The Morgan fingerprint density at radius 1 is 1.46 bits per heavy atom. The van der Waals surface area contributed by atoms with Crippen molar-refractivity contribution in [3.05, 3.63) is 23.5 Å². The smallest absolute Gasteiger partial charge is 0.129 e. The molecule has 0 aromatic carbocycles. The van der Waals surface area contributed by atoms with E-state index in [1.807, 2.05) is 6.07 Å². The van der Waals surface area contributed by atoms with E-state index in [1.165, 1.54) is 19.3 Å². The first-order valence-corrected chi connectivity index (χ1v) is 6.00. The highest BCUT2D eigenvalue weighted by molar-refractivity contribution is 7.86. The molecule has 1 N–H and O–H groups in total. The molecule has 0 spiro atoms. The minimum Gasteiger partial charge on any atom is -0.275 e. The summed E-state index contributed by atoms with van der Waals surface area (Å²) in [5.74, 6) is 0. The van der Waals surface area contributed by atoms with Crippen LogP contribution in [0.4, 0.5) is 0 Å². The number of aromatic nitrogens is 1. The Hall–Kier alpha value is -0.410. The van der Waals surface area contributed by atoms with Gasteiger partial charge in [0.15, 0.2) is 0 Å². The molecule has 1 aliphatic rings. The minimum absolute atomic E-state index is 0.371. The number of nitrogens with one attached hydrogen (secondary N) is 1. The van der Waals surface area contributed by atoms with Crippen LogP contribution in [0.5, 0.6) is 0 Å². The summed E-state index contributed by atoms with van der Waals surface area (Å²) >= 11 is 5.67. The van der Waals surface area contributed by atoms with E-state index in [2.05, 4.69) is 4.98 Å². The van der Waals surface area contributed by atoms with Crippen molar-refractivity contribution in [2.75, 3.05) is 0 Å². The van der Waals surface area contributed by atoms with Gasteiger partial charge >= 0.3 is 0 Å². The SMILES string of the molecule is N=S(c1ccc(Cl)nc1)C1CCC1. The van der Waals surface area contributed by atoms with Crippen LogP contribution in [0.25, 0.3) is 0 Å². The second kappa shape index (κ2) is 3.76. The average Bonchev–Trinajstić information content (AvgIpc) is 2.02. The molecule has 1 saturated carbocycles. The molecular weight excluding hydrogens is 204 g/mol. The fraction of sp³-hybridized carbons (Fsp3) is 0.444. The second-order valence-corrected chi connectivity index (χ2v) is 5.41. The zero-order valence-corrected chi connectivity index (χ0v) is 8.74. The Kier molecular flexibility index (Phi) is 2.65. The van der Waals surface area contributed by atoms with Gasteiger partial charge in [0, 0.05) is 16.3 Å². The largest absolute Gasteiger partial charge is 0.275 e. The lowest BCUT2D eigenvalue weighted by Crippen LogP contribution is -2.22. The van der Waals surface area contributed by atoms with Crippen LogP contribution in [0.1, 0.15) is 19.3 Å². The summed E-state index contributed by atoms with van der Waals surface area (Å²) in [6.07, 6.45) is 5.43. The molecule has 0 aliphatic heterocycles. The van der Waals surface area contributed by atoms with Gasteiger partial charge in [-0.1, -0.05) is 28.7 Å².